The highest BCUT2D eigenvalue weighted by Crippen LogP contribution is 1.98. The number of Topliss-reactive ketones (excluding diaryl/α,β-unsaturated/α-hetero) is 1. The van der Waals surface area contributed by atoms with E-state index in [0.717, 1.165) is 0 Å². The number of carbonyl (C=O) groups excluding carboxylic acids is 2. The summed E-state index contributed by atoms with van der Waals surface area (Å²) in [6.07, 6.45) is 0.00125. The summed E-state index contributed by atoms with van der Waals surface area (Å²) in [5.74, 6) is -0.711. The molecule has 0 unspecified atom stereocenters. The van der Waals surface area contributed by atoms with Crippen molar-refractivity contribution in [2.24, 2.45) is 0 Å². The van der Waals surface area contributed by atoms with Crippen molar-refractivity contribution in [1.29, 1.82) is 0 Å². The van der Waals surface area contributed by atoms with Gasteiger partial charge in [-0.25, -0.2) is 0 Å². The van der Waals surface area contributed by atoms with Crippen molar-refractivity contribution in [3.05, 3.63) is 33.7 Å². The van der Waals surface area contributed by atoms with E-state index in [0.29, 0.717) is 12.3 Å². The minimum absolute atomic E-state index is 0.00125. The molecule has 0 radical (unpaired) electrons. The molecule has 1 heterocycles. The van der Waals surface area contributed by atoms with Gasteiger partial charge >= 0.3 is 5.97 Å². The molecule has 16 heavy (non-hydrogen) atoms. The van der Waals surface area contributed by atoms with Gasteiger partial charge in [-0.2, -0.15) is 0 Å². The Kier molecular flexibility index (Phi) is 3.99. The summed E-state index contributed by atoms with van der Waals surface area (Å²) in [6.45, 7) is 3.32. The molecule has 0 saturated carbocycles. The van der Waals surface area contributed by atoms with E-state index in [2.05, 4.69) is 4.98 Å². The van der Waals surface area contributed by atoms with E-state index in [1.807, 2.05) is 0 Å². The first-order valence-electron chi connectivity index (χ1n) is 4.93. The molecule has 1 rings (SSSR count). The largest absolute Gasteiger partial charge is 0.466 e. The molecule has 0 amide bonds. The van der Waals surface area contributed by atoms with Crippen LogP contribution in [-0.4, -0.2) is 23.3 Å². The summed E-state index contributed by atoms with van der Waals surface area (Å²) in [5, 5.41) is 0. The van der Waals surface area contributed by atoms with Gasteiger partial charge in [-0.3, -0.25) is 14.4 Å². The van der Waals surface area contributed by atoms with E-state index >= 15 is 0 Å². The van der Waals surface area contributed by atoms with Crippen LogP contribution in [0.15, 0.2) is 16.9 Å². The van der Waals surface area contributed by atoms with Gasteiger partial charge in [0.15, 0.2) is 5.78 Å². The summed E-state index contributed by atoms with van der Waals surface area (Å²) in [7, 11) is 0. The Morgan fingerprint density at radius 2 is 2.06 bits per heavy atom. The van der Waals surface area contributed by atoms with Crippen molar-refractivity contribution in [2.75, 3.05) is 6.61 Å². The number of esters is 1. The number of hydrogen-bond donors (Lipinski definition) is 1. The van der Waals surface area contributed by atoms with Crippen LogP contribution < -0.4 is 5.56 Å². The lowest BCUT2D eigenvalue weighted by molar-refractivity contribution is -0.142. The lowest BCUT2D eigenvalue weighted by Crippen LogP contribution is -2.19. The Hall–Kier alpha value is -1.91. The van der Waals surface area contributed by atoms with Gasteiger partial charge < -0.3 is 9.72 Å². The average molecular weight is 223 g/mol. The van der Waals surface area contributed by atoms with Crippen molar-refractivity contribution >= 4 is 11.8 Å². The second-order valence-corrected chi connectivity index (χ2v) is 3.26. The normalized spacial score (nSPS) is 9.88. The number of pyridine rings is 1. The Bertz CT molecular complexity index is 461. The molecule has 1 aromatic heterocycles. The number of nitrogens with one attached hydrogen (secondary N) is 1. The number of ether oxygens (including phenoxy) is 1. The lowest BCUT2D eigenvalue weighted by atomic mass is 10.2. The van der Waals surface area contributed by atoms with Crippen LogP contribution in [0.4, 0.5) is 0 Å². The maximum absolute atomic E-state index is 11.4. The molecule has 0 aromatic carbocycles. The highest BCUT2D eigenvalue weighted by Gasteiger charge is 2.08. The molecular weight excluding hydrogens is 210 g/mol. The van der Waals surface area contributed by atoms with E-state index in [-0.39, 0.29) is 17.8 Å². The predicted octanol–water partition coefficient (Wildman–Crippen LogP) is 0.683. The van der Waals surface area contributed by atoms with Crippen LogP contribution in [0.5, 0.6) is 0 Å². The monoisotopic (exact) mass is 223 g/mol. The minimum Gasteiger partial charge on any atom is -0.466 e. The maximum atomic E-state index is 11.4. The number of carbonyl (C=O) groups is 2. The first kappa shape index (κ1) is 12.2. The van der Waals surface area contributed by atoms with Gasteiger partial charge in [0.1, 0.15) is 0 Å². The summed E-state index contributed by atoms with van der Waals surface area (Å²) in [6, 6.07) is 2.95. The Labute approximate surface area is 92.4 Å². The van der Waals surface area contributed by atoms with Gasteiger partial charge in [0.25, 0.3) is 5.56 Å². The summed E-state index contributed by atoms with van der Waals surface area (Å²) in [5.41, 5.74) is 0.0513. The van der Waals surface area contributed by atoms with Crippen LogP contribution >= 0.6 is 0 Å². The number of aromatic amines is 1. The van der Waals surface area contributed by atoms with Crippen molar-refractivity contribution < 1.29 is 14.3 Å². The van der Waals surface area contributed by atoms with Gasteiger partial charge in [-0.1, -0.05) is 0 Å². The fourth-order valence-corrected chi connectivity index (χ4v) is 1.26. The first-order valence-corrected chi connectivity index (χ1v) is 4.93. The SMILES string of the molecule is CCOC(=O)Cc1ccc(C(C)=O)c(=O)[nH]1. The average Bonchev–Trinajstić information content (AvgIpc) is 2.17. The topological polar surface area (TPSA) is 76.2 Å². The van der Waals surface area contributed by atoms with E-state index < -0.39 is 11.5 Å². The van der Waals surface area contributed by atoms with E-state index in [1.54, 1.807) is 6.92 Å². The predicted molar refractivity (Wildman–Crippen MR) is 57.4 cm³/mol. The molecule has 0 aliphatic rings. The van der Waals surface area contributed by atoms with Gasteiger partial charge in [-0.05, 0) is 26.0 Å². The van der Waals surface area contributed by atoms with Crippen molar-refractivity contribution in [3.8, 4) is 0 Å². The standard InChI is InChI=1S/C11H13NO4/c1-3-16-10(14)6-8-4-5-9(7(2)13)11(15)12-8/h4-5H,3,6H2,1-2H3,(H,12,15). The molecule has 0 aliphatic heterocycles. The summed E-state index contributed by atoms with van der Waals surface area (Å²) in [4.78, 5) is 36.0. The third kappa shape index (κ3) is 3.05. The second kappa shape index (κ2) is 5.25. The van der Waals surface area contributed by atoms with Crippen LogP contribution in [0.25, 0.3) is 0 Å². The molecule has 0 aliphatic carbocycles. The number of rotatable bonds is 4. The second-order valence-electron chi connectivity index (χ2n) is 3.26. The molecule has 0 spiro atoms. The first-order chi connectivity index (χ1) is 7.54. The molecule has 1 aromatic rings. The number of hydrogen-bond acceptors (Lipinski definition) is 4. The molecule has 5 nitrogen and oxygen atoms in total. The van der Waals surface area contributed by atoms with Crippen LogP contribution in [0, 0.1) is 0 Å². The lowest BCUT2D eigenvalue weighted by Gasteiger charge is -2.02. The van der Waals surface area contributed by atoms with E-state index in [4.69, 9.17) is 4.74 Å². The van der Waals surface area contributed by atoms with E-state index in [9.17, 15) is 14.4 Å². The smallest absolute Gasteiger partial charge is 0.311 e. The maximum Gasteiger partial charge on any atom is 0.311 e. The van der Waals surface area contributed by atoms with Crippen LogP contribution in [-0.2, 0) is 16.0 Å². The molecule has 86 valence electrons. The van der Waals surface area contributed by atoms with Crippen LogP contribution in [0.2, 0.25) is 0 Å². The number of H-pyrrole nitrogens is 1. The van der Waals surface area contributed by atoms with Gasteiger partial charge in [0, 0.05) is 5.69 Å². The molecule has 0 saturated heterocycles. The molecule has 5 heteroatoms. The Morgan fingerprint density at radius 1 is 1.38 bits per heavy atom. The van der Waals surface area contributed by atoms with Gasteiger partial charge in [0.2, 0.25) is 0 Å². The summed E-state index contributed by atoms with van der Waals surface area (Å²) < 4.78 is 4.74. The minimum atomic E-state index is -0.478. The fraction of sp³-hybridized carbons (Fsp3) is 0.364. The Balaban J connectivity index is 2.86. The van der Waals surface area contributed by atoms with Crippen molar-refractivity contribution in [1.82, 2.24) is 4.98 Å². The van der Waals surface area contributed by atoms with Crippen LogP contribution in [0.3, 0.4) is 0 Å². The molecule has 0 fully saturated rings. The number of ketones is 1. The zero-order valence-corrected chi connectivity index (χ0v) is 9.20. The third-order valence-electron chi connectivity index (χ3n) is 1.99. The molecule has 1 N–H and O–H groups in total. The number of aromatic nitrogens is 1. The van der Waals surface area contributed by atoms with Crippen molar-refractivity contribution in [2.45, 2.75) is 20.3 Å². The van der Waals surface area contributed by atoms with Gasteiger partial charge in [-0.15, -0.1) is 0 Å². The zero-order valence-electron chi connectivity index (χ0n) is 9.20. The van der Waals surface area contributed by atoms with Crippen molar-refractivity contribution in [3.63, 3.8) is 0 Å². The Morgan fingerprint density at radius 3 is 2.56 bits per heavy atom. The van der Waals surface area contributed by atoms with Gasteiger partial charge in [0.05, 0.1) is 18.6 Å². The van der Waals surface area contributed by atoms with E-state index in [1.165, 1.54) is 19.1 Å². The molecule has 0 bridgehead atoms. The highest BCUT2D eigenvalue weighted by atomic mass is 16.5. The fourth-order valence-electron chi connectivity index (χ4n) is 1.26. The molecular formula is C11H13NO4. The van der Waals surface area contributed by atoms with Crippen LogP contribution in [0.1, 0.15) is 29.9 Å². The third-order valence-corrected chi connectivity index (χ3v) is 1.99. The zero-order chi connectivity index (χ0) is 12.1. The molecule has 0 atom stereocenters. The summed E-state index contributed by atoms with van der Waals surface area (Å²) >= 11 is 0. The quantitative estimate of drug-likeness (QED) is 0.601. The highest BCUT2D eigenvalue weighted by molar-refractivity contribution is 5.93.